The van der Waals surface area contributed by atoms with E-state index in [-0.39, 0.29) is 31.0 Å². The number of benzene rings is 5. The van der Waals surface area contributed by atoms with Crippen molar-refractivity contribution >= 4 is 11.8 Å². The number of ether oxygens (including phenoxy) is 2. The summed E-state index contributed by atoms with van der Waals surface area (Å²) in [5.41, 5.74) is 6.62. The van der Waals surface area contributed by atoms with Crippen molar-refractivity contribution in [1.82, 2.24) is 10.9 Å². The topological polar surface area (TPSA) is 92.2 Å². The fourth-order valence-corrected chi connectivity index (χ4v) is 5.92. The SMILES string of the molecule is O=C(NNCc1cc(F)cc(C(F)(F)F)c1)[C@@]1(Cc2ccccc2)N=C(c2ccc(OCCCO)cc2)O[C@H]1c1ccc(-c2ccccc2)cc1. The summed E-state index contributed by atoms with van der Waals surface area (Å²) >= 11 is 0. The first-order valence-corrected chi connectivity index (χ1v) is 16.3. The molecule has 3 N–H and O–H groups in total. The Hall–Kier alpha value is -5.52. The van der Waals surface area contributed by atoms with Crippen molar-refractivity contribution in [3.05, 3.63) is 161 Å². The number of halogens is 4. The van der Waals surface area contributed by atoms with Crippen molar-refractivity contribution in [3.8, 4) is 16.9 Å². The van der Waals surface area contributed by atoms with Crippen molar-refractivity contribution in [2.45, 2.75) is 37.2 Å². The number of carbonyl (C=O) groups is 1. The van der Waals surface area contributed by atoms with Crippen LogP contribution < -0.4 is 15.6 Å². The largest absolute Gasteiger partial charge is 0.494 e. The third-order valence-corrected chi connectivity index (χ3v) is 8.45. The number of hydrazine groups is 1. The van der Waals surface area contributed by atoms with Crippen LogP contribution in [0, 0.1) is 5.82 Å². The quantitative estimate of drug-likeness (QED) is 0.0670. The number of carbonyl (C=O) groups excluding carboxylic acids is 1. The van der Waals surface area contributed by atoms with Gasteiger partial charge in [-0.1, -0.05) is 84.9 Å². The number of aliphatic hydroxyl groups excluding tert-OH is 1. The van der Waals surface area contributed by atoms with Gasteiger partial charge in [-0.3, -0.25) is 10.2 Å². The van der Waals surface area contributed by atoms with Crippen LogP contribution in [0.15, 0.2) is 132 Å². The van der Waals surface area contributed by atoms with E-state index in [1.165, 1.54) is 0 Å². The van der Waals surface area contributed by atoms with Gasteiger partial charge in [-0.25, -0.2) is 14.8 Å². The number of hydrogen-bond acceptors (Lipinski definition) is 6. The molecule has 11 heteroatoms. The summed E-state index contributed by atoms with van der Waals surface area (Å²) < 4.78 is 66.4. The fourth-order valence-electron chi connectivity index (χ4n) is 5.92. The van der Waals surface area contributed by atoms with Gasteiger partial charge in [-0.15, -0.1) is 0 Å². The maximum Gasteiger partial charge on any atom is 0.416 e. The number of nitrogens with one attached hydrogen (secondary N) is 2. The van der Waals surface area contributed by atoms with Crippen molar-refractivity contribution in [2.75, 3.05) is 13.2 Å². The number of aliphatic imine (C=N–C) groups is 1. The van der Waals surface area contributed by atoms with Gasteiger partial charge in [0, 0.05) is 31.6 Å². The minimum atomic E-state index is -4.74. The van der Waals surface area contributed by atoms with E-state index in [1.54, 1.807) is 24.3 Å². The molecule has 5 aromatic carbocycles. The third kappa shape index (κ3) is 8.45. The molecule has 1 heterocycles. The summed E-state index contributed by atoms with van der Waals surface area (Å²) in [7, 11) is 0. The molecule has 0 fully saturated rings. The lowest BCUT2D eigenvalue weighted by atomic mass is 9.82. The van der Waals surface area contributed by atoms with Crippen molar-refractivity contribution in [1.29, 1.82) is 0 Å². The number of alkyl halides is 3. The van der Waals surface area contributed by atoms with E-state index in [0.29, 0.717) is 36.0 Å². The monoisotopic (exact) mass is 697 g/mol. The molecule has 0 unspecified atom stereocenters. The van der Waals surface area contributed by atoms with Crippen LogP contribution in [-0.2, 0) is 28.7 Å². The lowest BCUT2D eigenvalue weighted by Gasteiger charge is -2.31. The molecule has 1 aliphatic rings. The van der Waals surface area contributed by atoms with E-state index in [9.17, 15) is 22.4 Å². The highest BCUT2D eigenvalue weighted by molar-refractivity contribution is 6.01. The van der Waals surface area contributed by atoms with Crippen LogP contribution in [0.25, 0.3) is 11.1 Å². The van der Waals surface area contributed by atoms with Crippen LogP contribution in [-0.4, -0.2) is 35.7 Å². The summed E-state index contributed by atoms with van der Waals surface area (Å²) in [4.78, 5) is 19.4. The minimum Gasteiger partial charge on any atom is -0.494 e. The van der Waals surface area contributed by atoms with Crippen LogP contribution in [0.4, 0.5) is 17.6 Å². The summed E-state index contributed by atoms with van der Waals surface area (Å²) in [6.07, 6.45) is -5.07. The Morgan fingerprint density at radius 2 is 1.47 bits per heavy atom. The molecule has 6 rings (SSSR count). The predicted molar refractivity (Wildman–Crippen MR) is 185 cm³/mol. The highest BCUT2D eigenvalue weighted by atomic mass is 19.4. The zero-order valence-electron chi connectivity index (χ0n) is 27.4. The first-order valence-electron chi connectivity index (χ1n) is 16.3. The Morgan fingerprint density at radius 3 is 2.14 bits per heavy atom. The smallest absolute Gasteiger partial charge is 0.416 e. The van der Waals surface area contributed by atoms with E-state index in [0.717, 1.165) is 28.8 Å². The van der Waals surface area contributed by atoms with Gasteiger partial charge >= 0.3 is 6.18 Å². The van der Waals surface area contributed by atoms with Crippen LogP contribution in [0.5, 0.6) is 5.75 Å². The summed E-state index contributed by atoms with van der Waals surface area (Å²) in [6, 6.07) is 36.0. The highest BCUT2D eigenvalue weighted by Crippen LogP contribution is 2.43. The van der Waals surface area contributed by atoms with Gasteiger partial charge in [0.25, 0.3) is 5.91 Å². The van der Waals surface area contributed by atoms with Gasteiger partial charge < -0.3 is 14.6 Å². The molecular formula is C40H35F4N3O4. The molecule has 0 saturated heterocycles. The molecule has 0 aliphatic carbocycles. The molecule has 5 aromatic rings. The number of amides is 1. The van der Waals surface area contributed by atoms with Gasteiger partial charge in [-0.05, 0) is 70.3 Å². The number of nitrogens with zero attached hydrogens (tertiary/aromatic N) is 1. The molecule has 1 aliphatic heterocycles. The maximum atomic E-state index is 14.4. The van der Waals surface area contributed by atoms with Crippen molar-refractivity contribution in [2.24, 2.45) is 4.99 Å². The van der Waals surface area contributed by atoms with Gasteiger partial charge in [0.15, 0.2) is 11.6 Å². The molecular weight excluding hydrogens is 662 g/mol. The molecule has 7 nitrogen and oxygen atoms in total. The van der Waals surface area contributed by atoms with E-state index in [1.807, 2.05) is 84.9 Å². The second-order valence-electron chi connectivity index (χ2n) is 12.1. The van der Waals surface area contributed by atoms with E-state index in [4.69, 9.17) is 19.6 Å². The maximum absolute atomic E-state index is 14.4. The highest BCUT2D eigenvalue weighted by Gasteiger charge is 2.53. The standard InChI is InChI=1S/C40H35F4N3O4/c41-34-23-28(22-33(24-34)40(42,43)44)26-45-47-38(49)39(25-27-8-3-1-4-9-27)36(31-14-12-30(13-15-31)29-10-5-2-6-11-29)51-37(46-39)32-16-18-35(19-17-32)50-21-7-20-48/h1-6,8-19,22-24,36,45,48H,7,20-21,25-26H2,(H,47,49)/t36-,39-/m0/s1. The van der Waals surface area contributed by atoms with Crippen molar-refractivity contribution in [3.63, 3.8) is 0 Å². The number of aliphatic hydroxyl groups is 1. The number of rotatable bonds is 13. The molecule has 51 heavy (non-hydrogen) atoms. The first-order chi connectivity index (χ1) is 24.6. The second kappa shape index (κ2) is 15.6. The molecule has 0 spiro atoms. The van der Waals surface area contributed by atoms with Crippen LogP contribution in [0.1, 0.15) is 40.3 Å². The van der Waals surface area contributed by atoms with E-state index >= 15 is 0 Å². The second-order valence-corrected chi connectivity index (χ2v) is 12.1. The fraction of sp³-hybridized carbons (Fsp3) is 0.200. The molecule has 262 valence electrons. The summed E-state index contributed by atoms with van der Waals surface area (Å²) in [5, 5.41) is 9.08. The third-order valence-electron chi connectivity index (χ3n) is 8.45. The van der Waals surface area contributed by atoms with E-state index in [2.05, 4.69) is 10.9 Å². The number of hydrogen-bond donors (Lipinski definition) is 3. The Bertz CT molecular complexity index is 1950. The Balaban J connectivity index is 1.36. The zero-order chi connectivity index (χ0) is 35.8. The van der Waals surface area contributed by atoms with Crippen LogP contribution >= 0.6 is 0 Å². The van der Waals surface area contributed by atoms with Gasteiger partial charge in [0.1, 0.15) is 11.6 Å². The Labute approximate surface area is 292 Å². The molecule has 1 amide bonds. The first kappa shape index (κ1) is 35.3. The molecule has 0 saturated carbocycles. The Kier molecular flexibility index (Phi) is 10.8. The Morgan fingerprint density at radius 1 is 0.824 bits per heavy atom. The zero-order valence-corrected chi connectivity index (χ0v) is 27.4. The van der Waals surface area contributed by atoms with Gasteiger partial charge in [-0.2, -0.15) is 13.2 Å². The lowest BCUT2D eigenvalue weighted by Crippen LogP contribution is -2.53. The predicted octanol–water partition coefficient (Wildman–Crippen LogP) is 7.59. The van der Waals surface area contributed by atoms with Gasteiger partial charge in [0.2, 0.25) is 5.90 Å². The molecule has 0 aromatic heterocycles. The molecule has 0 bridgehead atoms. The van der Waals surface area contributed by atoms with Gasteiger partial charge in [0.05, 0.1) is 12.2 Å². The van der Waals surface area contributed by atoms with Crippen LogP contribution in [0.2, 0.25) is 0 Å². The van der Waals surface area contributed by atoms with Crippen LogP contribution in [0.3, 0.4) is 0 Å². The van der Waals surface area contributed by atoms with Crippen molar-refractivity contribution < 1.29 is 36.9 Å². The summed E-state index contributed by atoms with van der Waals surface area (Å²) in [6.45, 7) is 0.0577. The summed E-state index contributed by atoms with van der Waals surface area (Å²) in [5.74, 6) is -0.854. The average molecular weight is 698 g/mol. The van der Waals surface area contributed by atoms with E-state index < -0.39 is 35.1 Å². The molecule has 2 atom stereocenters. The average Bonchev–Trinajstić information content (AvgIpc) is 3.52. The normalized spacial score (nSPS) is 17.0. The lowest BCUT2D eigenvalue weighted by molar-refractivity contribution is -0.138. The minimum absolute atomic E-state index is 0.00763. The molecule has 0 radical (unpaired) electrons.